The van der Waals surface area contributed by atoms with Crippen molar-refractivity contribution in [2.24, 2.45) is 5.92 Å². The fourth-order valence-corrected chi connectivity index (χ4v) is 1.62. The first kappa shape index (κ1) is 8.41. The van der Waals surface area contributed by atoms with Gasteiger partial charge in [0.15, 0.2) is 5.78 Å². The topological polar surface area (TPSA) is 47.8 Å². The molecule has 0 amide bonds. The highest BCUT2D eigenvalue weighted by atomic mass is 16.1. The molecule has 0 saturated heterocycles. The number of aryl methyl sites for hydroxylation is 1. The van der Waals surface area contributed by atoms with Gasteiger partial charge in [0, 0.05) is 19.9 Å². The van der Waals surface area contributed by atoms with E-state index in [-0.39, 0.29) is 5.78 Å². The number of Topliss-reactive ketones (excluding diaryl/α,β-unsaturated/α-hetero) is 1. The number of nitrogens with zero attached hydrogens (tertiary/aromatic N) is 3. The molecule has 0 aromatic carbocycles. The summed E-state index contributed by atoms with van der Waals surface area (Å²) in [6.45, 7) is 4.60. The van der Waals surface area contributed by atoms with E-state index in [4.69, 9.17) is 0 Å². The summed E-state index contributed by atoms with van der Waals surface area (Å²) in [5, 5.41) is 4.16. The molecule has 0 fully saturated rings. The van der Waals surface area contributed by atoms with Gasteiger partial charge in [-0.05, 0) is 12.3 Å². The maximum Gasteiger partial charge on any atom is 0.217 e. The number of hydrogen-bond acceptors (Lipinski definition) is 3. The highest BCUT2D eigenvalue weighted by Crippen LogP contribution is 2.17. The number of ketones is 1. The van der Waals surface area contributed by atoms with E-state index < -0.39 is 0 Å². The van der Waals surface area contributed by atoms with E-state index in [0.717, 1.165) is 25.2 Å². The second-order valence-corrected chi connectivity index (χ2v) is 3.73. The fourth-order valence-electron chi connectivity index (χ4n) is 1.62. The molecule has 70 valence electrons. The van der Waals surface area contributed by atoms with Crippen molar-refractivity contribution >= 4 is 5.78 Å². The van der Waals surface area contributed by atoms with Crippen molar-refractivity contribution in [2.45, 2.75) is 33.2 Å². The quantitative estimate of drug-likeness (QED) is 0.606. The van der Waals surface area contributed by atoms with Crippen LogP contribution in [0.25, 0.3) is 0 Å². The van der Waals surface area contributed by atoms with Gasteiger partial charge in [0.2, 0.25) is 5.82 Å². The van der Waals surface area contributed by atoms with Crippen molar-refractivity contribution < 1.29 is 4.79 Å². The summed E-state index contributed by atoms with van der Waals surface area (Å²) in [7, 11) is 0. The predicted octanol–water partition coefficient (Wildman–Crippen LogP) is 1.06. The summed E-state index contributed by atoms with van der Waals surface area (Å²) in [5.41, 5.74) is 0. The third kappa shape index (κ3) is 1.48. The molecule has 1 atom stereocenters. The number of aromatic nitrogens is 3. The van der Waals surface area contributed by atoms with Crippen LogP contribution in [0.15, 0.2) is 0 Å². The van der Waals surface area contributed by atoms with Gasteiger partial charge in [-0.25, -0.2) is 9.67 Å². The molecule has 4 nitrogen and oxygen atoms in total. The third-order valence-corrected chi connectivity index (χ3v) is 2.41. The summed E-state index contributed by atoms with van der Waals surface area (Å²) in [6.07, 6.45) is 2.09. The Labute approximate surface area is 77.0 Å². The zero-order valence-electron chi connectivity index (χ0n) is 7.95. The lowest BCUT2D eigenvalue weighted by Gasteiger charge is -2.17. The molecule has 0 N–H and O–H groups in total. The van der Waals surface area contributed by atoms with Crippen LogP contribution in [0.5, 0.6) is 0 Å². The molecule has 0 radical (unpaired) electrons. The van der Waals surface area contributed by atoms with Crippen LogP contribution in [-0.2, 0) is 13.0 Å². The Morgan fingerprint density at radius 1 is 1.62 bits per heavy atom. The van der Waals surface area contributed by atoms with Crippen molar-refractivity contribution in [3.8, 4) is 0 Å². The van der Waals surface area contributed by atoms with Gasteiger partial charge in [-0.15, -0.1) is 5.10 Å². The molecule has 0 saturated carbocycles. The smallest absolute Gasteiger partial charge is 0.217 e. The normalized spacial score (nSPS) is 21.2. The second kappa shape index (κ2) is 2.94. The van der Waals surface area contributed by atoms with Crippen molar-refractivity contribution in [1.29, 1.82) is 0 Å². The molecule has 1 aliphatic heterocycles. The number of hydrogen-bond donors (Lipinski definition) is 0. The largest absolute Gasteiger partial charge is 0.291 e. The Hall–Kier alpha value is -1.19. The lowest BCUT2D eigenvalue weighted by Crippen LogP contribution is -2.18. The molecule has 1 unspecified atom stereocenters. The van der Waals surface area contributed by atoms with Gasteiger partial charge in [-0.1, -0.05) is 6.92 Å². The van der Waals surface area contributed by atoms with Gasteiger partial charge >= 0.3 is 0 Å². The molecule has 0 bridgehead atoms. The van der Waals surface area contributed by atoms with Gasteiger partial charge in [0.05, 0.1) is 0 Å². The van der Waals surface area contributed by atoms with Crippen molar-refractivity contribution in [3.63, 3.8) is 0 Å². The molecule has 1 aliphatic rings. The van der Waals surface area contributed by atoms with E-state index in [1.165, 1.54) is 6.92 Å². The molecule has 1 aromatic heterocycles. The van der Waals surface area contributed by atoms with Crippen molar-refractivity contribution in [3.05, 3.63) is 11.6 Å². The Balaban J connectivity index is 2.33. The first-order valence-electron chi connectivity index (χ1n) is 4.61. The molecule has 0 spiro atoms. The maximum atomic E-state index is 11.0. The Morgan fingerprint density at radius 2 is 2.38 bits per heavy atom. The van der Waals surface area contributed by atoms with Gasteiger partial charge in [-0.3, -0.25) is 4.79 Å². The fraction of sp³-hybridized carbons (Fsp3) is 0.667. The van der Waals surface area contributed by atoms with Crippen molar-refractivity contribution in [2.75, 3.05) is 0 Å². The zero-order chi connectivity index (χ0) is 9.42. The average Bonchev–Trinajstić information content (AvgIpc) is 2.46. The SMILES string of the molecule is CC(=O)c1nc2n(n1)CC(C)CC2. The molecule has 13 heavy (non-hydrogen) atoms. The van der Waals surface area contributed by atoms with Crippen LogP contribution in [0.4, 0.5) is 0 Å². The molecule has 0 aliphatic carbocycles. The van der Waals surface area contributed by atoms with E-state index in [9.17, 15) is 4.79 Å². The maximum absolute atomic E-state index is 11.0. The van der Waals surface area contributed by atoms with Crippen LogP contribution in [0.1, 0.15) is 36.7 Å². The molecular formula is C9H13N3O. The number of carbonyl (C=O) groups excluding carboxylic acids is 1. The summed E-state index contributed by atoms with van der Waals surface area (Å²) in [4.78, 5) is 15.2. The highest BCUT2D eigenvalue weighted by molar-refractivity contribution is 5.90. The van der Waals surface area contributed by atoms with E-state index in [1.54, 1.807) is 0 Å². The van der Waals surface area contributed by atoms with E-state index >= 15 is 0 Å². The number of rotatable bonds is 1. The predicted molar refractivity (Wildman–Crippen MR) is 47.5 cm³/mol. The monoisotopic (exact) mass is 179 g/mol. The van der Waals surface area contributed by atoms with Gasteiger partial charge < -0.3 is 0 Å². The van der Waals surface area contributed by atoms with E-state index in [0.29, 0.717) is 11.7 Å². The second-order valence-electron chi connectivity index (χ2n) is 3.73. The van der Waals surface area contributed by atoms with Gasteiger partial charge in [0.1, 0.15) is 5.82 Å². The minimum Gasteiger partial charge on any atom is -0.291 e. The van der Waals surface area contributed by atoms with Crippen LogP contribution in [0.2, 0.25) is 0 Å². The lowest BCUT2D eigenvalue weighted by atomic mass is 10.0. The molecule has 4 heteroatoms. The number of fused-ring (bicyclic) bond motifs is 1. The Morgan fingerprint density at radius 3 is 3.08 bits per heavy atom. The first-order chi connectivity index (χ1) is 6.16. The highest BCUT2D eigenvalue weighted by Gasteiger charge is 2.19. The standard InChI is InChI=1S/C9H13N3O/c1-6-3-4-8-10-9(7(2)13)11-12(8)5-6/h6H,3-5H2,1-2H3. The van der Waals surface area contributed by atoms with Crippen LogP contribution in [0, 0.1) is 5.92 Å². The van der Waals surface area contributed by atoms with Crippen LogP contribution >= 0.6 is 0 Å². The summed E-state index contributed by atoms with van der Waals surface area (Å²) < 4.78 is 1.87. The van der Waals surface area contributed by atoms with Crippen LogP contribution in [-0.4, -0.2) is 20.5 Å². The lowest BCUT2D eigenvalue weighted by molar-refractivity contribution is 0.100. The summed E-state index contributed by atoms with van der Waals surface area (Å²) in [6, 6.07) is 0. The summed E-state index contributed by atoms with van der Waals surface area (Å²) >= 11 is 0. The third-order valence-electron chi connectivity index (χ3n) is 2.41. The van der Waals surface area contributed by atoms with Gasteiger partial charge in [0.25, 0.3) is 0 Å². The zero-order valence-corrected chi connectivity index (χ0v) is 7.95. The van der Waals surface area contributed by atoms with E-state index in [1.807, 2.05) is 4.68 Å². The molecule has 1 aromatic rings. The minimum absolute atomic E-state index is 0.0467. The Kier molecular flexibility index (Phi) is 1.90. The van der Waals surface area contributed by atoms with Crippen LogP contribution < -0.4 is 0 Å². The Bertz CT molecular complexity index is 343. The van der Waals surface area contributed by atoms with Gasteiger partial charge in [-0.2, -0.15) is 0 Å². The molecular weight excluding hydrogens is 166 g/mol. The van der Waals surface area contributed by atoms with E-state index in [2.05, 4.69) is 17.0 Å². The summed E-state index contributed by atoms with van der Waals surface area (Å²) in [5.74, 6) is 1.93. The van der Waals surface area contributed by atoms with Crippen molar-refractivity contribution in [1.82, 2.24) is 14.8 Å². The minimum atomic E-state index is -0.0467. The molecule has 2 rings (SSSR count). The number of carbonyl (C=O) groups is 1. The van der Waals surface area contributed by atoms with Crippen LogP contribution in [0.3, 0.4) is 0 Å². The molecule has 2 heterocycles. The average molecular weight is 179 g/mol. The first-order valence-corrected chi connectivity index (χ1v) is 4.61.